The molecule has 0 fully saturated rings. The van der Waals surface area contributed by atoms with Crippen LogP contribution in [0.3, 0.4) is 0 Å². The number of carbonyl (C=O) groups excluding carboxylic acids is 1. The molecule has 0 aliphatic rings. The summed E-state index contributed by atoms with van der Waals surface area (Å²) in [6, 6.07) is 4.81. The molecular formula is C12H16Cl2N2O2. The first-order valence-electron chi connectivity index (χ1n) is 5.64. The Bertz CT molecular complexity index is 409. The lowest BCUT2D eigenvalue weighted by Gasteiger charge is -2.15. The van der Waals surface area contributed by atoms with Crippen LogP contribution < -0.4 is 15.8 Å². The highest BCUT2D eigenvalue weighted by Crippen LogP contribution is 2.27. The maximum Gasteiger partial charge on any atom is 0.258 e. The van der Waals surface area contributed by atoms with Crippen LogP contribution in [0.15, 0.2) is 18.2 Å². The smallest absolute Gasteiger partial charge is 0.258 e. The standard InChI is InChI=1S/C12H16Cl2N2O2/c1-2-9(6-15)16-12(17)7-18-11-4-3-8(13)5-10(11)14/h3-5,9H,2,6-7,15H2,1H3,(H,16,17). The summed E-state index contributed by atoms with van der Waals surface area (Å²) in [6.45, 7) is 2.26. The Labute approximate surface area is 116 Å². The Balaban J connectivity index is 2.47. The molecule has 1 aromatic carbocycles. The van der Waals surface area contributed by atoms with Crippen molar-refractivity contribution < 1.29 is 9.53 Å². The Kier molecular flexibility index (Phi) is 6.25. The second-order valence-electron chi connectivity index (χ2n) is 3.77. The average Bonchev–Trinajstić information content (AvgIpc) is 2.35. The van der Waals surface area contributed by atoms with Gasteiger partial charge in [-0.15, -0.1) is 0 Å². The zero-order chi connectivity index (χ0) is 13.5. The van der Waals surface area contributed by atoms with Crippen molar-refractivity contribution in [2.75, 3.05) is 13.2 Å². The number of carbonyl (C=O) groups is 1. The first-order valence-corrected chi connectivity index (χ1v) is 6.39. The van der Waals surface area contributed by atoms with Crippen LogP contribution in [0, 0.1) is 0 Å². The van der Waals surface area contributed by atoms with Gasteiger partial charge in [-0.05, 0) is 24.6 Å². The van der Waals surface area contributed by atoms with Gasteiger partial charge in [0, 0.05) is 17.6 Å². The van der Waals surface area contributed by atoms with Gasteiger partial charge in [0.05, 0.1) is 5.02 Å². The maximum atomic E-state index is 11.6. The molecule has 0 aromatic heterocycles. The van der Waals surface area contributed by atoms with Gasteiger partial charge in [0.15, 0.2) is 6.61 Å². The van der Waals surface area contributed by atoms with Crippen molar-refractivity contribution in [3.8, 4) is 5.75 Å². The summed E-state index contributed by atoms with van der Waals surface area (Å²) in [6.07, 6.45) is 0.782. The van der Waals surface area contributed by atoms with E-state index >= 15 is 0 Å². The molecule has 1 unspecified atom stereocenters. The van der Waals surface area contributed by atoms with Crippen LogP contribution in [0.1, 0.15) is 13.3 Å². The molecular weight excluding hydrogens is 275 g/mol. The minimum atomic E-state index is -0.224. The molecule has 1 aromatic rings. The van der Waals surface area contributed by atoms with Crippen LogP contribution >= 0.6 is 23.2 Å². The Morgan fingerprint density at radius 1 is 1.50 bits per heavy atom. The lowest BCUT2D eigenvalue weighted by Crippen LogP contribution is -2.41. The fraction of sp³-hybridized carbons (Fsp3) is 0.417. The highest BCUT2D eigenvalue weighted by atomic mass is 35.5. The van der Waals surface area contributed by atoms with Gasteiger partial charge in [-0.2, -0.15) is 0 Å². The van der Waals surface area contributed by atoms with E-state index in [1.54, 1.807) is 18.2 Å². The minimum absolute atomic E-state index is 0.0261. The molecule has 1 atom stereocenters. The third kappa shape index (κ3) is 4.72. The van der Waals surface area contributed by atoms with Crippen LogP contribution in [-0.2, 0) is 4.79 Å². The van der Waals surface area contributed by atoms with E-state index in [1.165, 1.54) is 0 Å². The molecule has 1 amide bonds. The van der Waals surface area contributed by atoms with Crippen molar-refractivity contribution >= 4 is 29.1 Å². The van der Waals surface area contributed by atoms with Gasteiger partial charge in [-0.3, -0.25) is 4.79 Å². The monoisotopic (exact) mass is 290 g/mol. The summed E-state index contributed by atoms with van der Waals surface area (Å²) in [4.78, 5) is 11.6. The van der Waals surface area contributed by atoms with Gasteiger partial charge in [-0.25, -0.2) is 0 Å². The summed E-state index contributed by atoms with van der Waals surface area (Å²) in [5, 5.41) is 3.65. The van der Waals surface area contributed by atoms with Crippen LogP contribution in [0.2, 0.25) is 10.0 Å². The number of nitrogens with one attached hydrogen (secondary N) is 1. The number of rotatable bonds is 6. The van der Waals surface area contributed by atoms with Gasteiger partial charge in [0.1, 0.15) is 5.75 Å². The molecule has 0 radical (unpaired) electrons. The molecule has 0 bridgehead atoms. The molecule has 0 heterocycles. The van der Waals surface area contributed by atoms with Crippen LogP contribution in [0.4, 0.5) is 0 Å². The second kappa shape index (κ2) is 7.46. The number of benzene rings is 1. The summed E-state index contributed by atoms with van der Waals surface area (Å²) in [7, 11) is 0. The van der Waals surface area contributed by atoms with Gasteiger partial charge in [0.2, 0.25) is 0 Å². The van der Waals surface area contributed by atoms with E-state index in [9.17, 15) is 4.79 Å². The van der Waals surface area contributed by atoms with Crippen molar-refractivity contribution in [1.82, 2.24) is 5.32 Å². The minimum Gasteiger partial charge on any atom is -0.482 e. The average molecular weight is 291 g/mol. The van der Waals surface area contributed by atoms with E-state index in [4.69, 9.17) is 33.7 Å². The van der Waals surface area contributed by atoms with E-state index < -0.39 is 0 Å². The summed E-state index contributed by atoms with van der Waals surface area (Å²) >= 11 is 11.7. The van der Waals surface area contributed by atoms with Gasteiger partial charge >= 0.3 is 0 Å². The molecule has 0 saturated heterocycles. The molecule has 0 aliphatic heterocycles. The van der Waals surface area contributed by atoms with Crippen LogP contribution in [0.5, 0.6) is 5.75 Å². The highest BCUT2D eigenvalue weighted by Gasteiger charge is 2.10. The number of ether oxygens (including phenoxy) is 1. The number of halogens is 2. The zero-order valence-electron chi connectivity index (χ0n) is 10.1. The highest BCUT2D eigenvalue weighted by molar-refractivity contribution is 6.35. The fourth-order valence-electron chi connectivity index (χ4n) is 1.33. The molecule has 0 spiro atoms. The van der Waals surface area contributed by atoms with Gasteiger partial charge in [0.25, 0.3) is 5.91 Å². The van der Waals surface area contributed by atoms with E-state index in [0.717, 1.165) is 6.42 Å². The quantitative estimate of drug-likeness (QED) is 0.844. The van der Waals surface area contributed by atoms with Crippen molar-refractivity contribution in [3.63, 3.8) is 0 Å². The SMILES string of the molecule is CCC(CN)NC(=O)COc1ccc(Cl)cc1Cl. The number of nitrogens with two attached hydrogens (primary N) is 1. The predicted octanol–water partition coefficient (Wildman–Crippen LogP) is 2.23. The van der Waals surface area contributed by atoms with Gasteiger partial charge in [-0.1, -0.05) is 30.1 Å². The first-order chi connectivity index (χ1) is 8.56. The van der Waals surface area contributed by atoms with E-state index in [2.05, 4.69) is 5.32 Å². The lowest BCUT2D eigenvalue weighted by molar-refractivity contribution is -0.123. The summed E-state index contributed by atoms with van der Waals surface area (Å²) in [5.41, 5.74) is 5.49. The molecule has 1 rings (SSSR count). The third-order valence-corrected chi connectivity index (χ3v) is 2.93. The molecule has 100 valence electrons. The van der Waals surface area contributed by atoms with E-state index in [1.807, 2.05) is 6.92 Å². The molecule has 0 aliphatic carbocycles. The predicted molar refractivity (Wildman–Crippen MR) is 73.2 cm³/mol. The van der Waals surface area contributed by atoms with Crippen molar-refractivity contribution in [1.29, 1.82) is 0 Å². The first kappa shape index (κ1) is 15.1. The van der Waals surface area contributed by atoms with E-state index in [0.29, 0.717) is 22.3 Å². The molecule has 4 nitrogen and oxygen atoms in total. The molecule has 3 N–H and O–H groups in total. The molecule has 6 heteroatoms. The second-order valence-corrected chi connectivity index (χ2v) is 4.62. The zero-order valence-corrected chi connectivity index (χ0v) is 11.6. The van der Waals surface area contributed by atoms with Gasteiger partial charge < -0.3 is 15.8 Å². The summed E-state index contributed by atoms with van der Waals surface area (Å²) < 4.78 is 5.30. The van der Waals surface area contributed by atoms with E-state index in [-0.39, 0.29) is 18.6 Å². The van der Waals surface area contributed by atoms with Crippen molar-refractivity contribution in [2.24, 2.45) is 5.73 Å². The normalized spacial score (nSPS) is 12.0. The number of hydrogen-bond donors (Lipinski definition) is 2. The Morgan fingerprint density at radius 2 is 2.22 bits per heavy atom. The fourth-order valence-corrected chi connectivity index (χ4v) is 1.80. The van der Waals surface area contributed by atoms with Crippen LogP contribution in [0.25, 0.3) is 0 Å². The number of amides is 1. The lowest BCUT2D eigenvalue weighted by atomic mass is 10.2. The third-order valence-electron chi connectivity index (χ3n) is 2.40. The molecule has 0 saturated carbocycles. The summed E-state index contributed by atoms with van der Waals surface area (Å²) in [5.74, 6) is 0.204. The topological polar surface area (TPSA) is 64.3 Å². The maximum absolute atomic E-state index is 11.6. The van der Waals surface area contributed by atoms with Crippen LogP contribution in [-0.4, -0.2) is 25.1 Å². The Morgan fingerprint density at radius 3 is 2.78 bits per heavy atom. The largest absolute Gasteiger partial charge is 0.482 e. The number of hydrogen-bond acceptors (Lipinski definition) is 3. The molecule has 18 heavy (non-hydrogen) atoms. The van der Waals surface area contributed by atoms with Crippen molar-refractivity contribution in [3.05, 3.63) is 28.2 Å². The Hall–Kier alpha value is -0.970. The van der Waals surface area contributed by atoms with Crippen molar-refractivity contribution in [2.45, 2.75) is 19.4 Å².